The van der Waals surface area contributed by atoms with E-state index in [9.17, 15) is 15.3 Å². The fourth-order valence-electron chi connectivity index (χ4n) is 0. The molecule has 78 valence electrons. The molecule has 6 heteroatoms. The van der Waals surface area contributed by atoms with Gasteiger partial charge in [-0.05, 0) is 0 Å². The summed E-state index contributed by atoms with van der Waals surface area (Å²) in [6.45, 7) is 5.81. The van der Waals surface area contributed by atoms with E-state index in [0.29, 0.717) is 0 Å². The van der Waals surface area contributed by atoms with Crippen molar-refractivity contribution in [3.63, 3.8) is 0 Å². The van der Waals surface area contributed by atoms with Crippen molar-refractivity contribution in [3.05, 3.63) is 0 Å². The summed E-state index contributed by atoms with van der Waals surface area (Å²) in [4.78, 5) is 0. The third-order valence-corrected chi connectivity index (χ3v) is 0.612. The van der Waals surface area contributed by atoms with Crippen molar-refractivity contribution in [1.29, 1.82) is 0 Å². The van der Waals surface area contributed by atoms with Crippen LogP contribution in [0, 0.1) is 0 Å². The van der Waals surface area contributed by atoms with Crippen LogP contribution in [0.2, 0.25) is 0 Å². The normalized spacial score (nSPS) is 6.00. The SMILES string of the molecule is CCC[O-].CCC[O-].CCC[O-].[Li+].[Li+].[Li+]. The Morgan fingerprint density at radius 2 is 0.600 bits per heavy atom. The van der Waals surface area contributed by atoms with Gasteiger partial charge in [0.25, 0.3) is 0 Å². The molecule has 0 radical (unpaired) electrons. The predicted octanol–water partition coefficient (Wildman–Crippen LogP) is -9.72. The first-order valence-corrected chi connectivity index (χ1v) is 4.49. The van der Waals surface area contributed by atoms with E-state index in [0.717, 1.165) is 19.3 Å². The third-order valence-electron chi connectivity index (χ3n) is 0.612. The summed E-state index contributed by atoms with van der Waals surface area (Å²) in [5, 5.41) is 27.9. The number of rotatable bonds is 3. The zero-order chi connectivity index (χ0) is 10.2. The molecule has 0 rings (SSSR count). The van der Waals surface area contributed by atoms with Crippen molar-refractivity contribution in [3.8, 4) is 0 Å². The summed E-state index contributed by atoms with van der Waals surface area (Å²) in [5.74, 6) is 0. The molecule has 0 bridgehead atoms. The van der Waals surface area contributed by atoms with Crippen LogP contribution in [0.15, 0.2) is 0 Å². The second-order valence-corrected chi connectivity index (χ2v) is 2.11. The average Bonchev–Trinajstić information content (AvgIpc) is 2.18. The van der Waals surface area contributed by atoms with Gasteiger partial charge in [0.15, 0.2) is 0 Å². The Bertz CT molecular complexity index is 36.1. The summed E-state index contributed by atoms with van der Waals surface area (Å²) < 4.78 is 0. The molecule has 0 aromatic heterocycles. The van der Waals surface area contributed by atoms with Crippen molar-refractivity contribution < 1.29 is 71.9 Å². The van der Waals surface area contributed by atoms with Crippen LogP contribution in [0.5, 0.6) is 0 Å². The Kier molecular flexibility index (Phi) is 137. The topological polar surface area (TPSA) is 69.2 Å². The molecule has 15 heavy (non-hydrogen) atoms. The molecule has 0 fully saturated rings. The maximum Gasteiger partial charge on any atom is 1.00 e. The van der Waals surface area contributed by atoms with Crippen molar-refractivity contribution in [1.82, 2.24) is 0 Å². The van der Waals surface area contributed by atoms with Gasteiger partial charge in [0.1, 0.15) is 0 Å². The van der Waals surface area contributed by atoms with Gasteiger partial charge in [-0.1, -0.05) is 40.0 Å². The smallest absolute Gasteiger partial charge is 0.854 e. The van der Waals surface area contributed by atoms with Crippen LogP contribution in [0.1, 0.15) is 40.0 Å². The van der Waals surface area contributed by atoms with Crippen LogP contribution in [-0.2, 0) is 0 Å². The fraction of sp³-hybridized carbons (Fsp3) is 1.00. The molecule has 0 heterocycles. The predicted molar refractivity (Wildman–Crippen MR) is 45.5 cm³/mol. The van der Waals surface area contributed by atoms with Crippen molar-refractivity contribution >= 4 is 0 Å². The quantitative estimate of drug-likeness (QED) is 0.423. The van der Waals surface area contributed by atoms with Crippen LogP contribution < -0.4 is 71.9 Å². The maximum atomic E-state index is 9.30. The van der Waals surface area contributed by atoms with Gasteiger partial charge in [-0.3, -0.25) is 0 Å². The van der Waals surface area contributed by atoms with Crippen LogP contribution in [0.4, 0.5) is 0 Å². The van der Waals surface area contributed by atoms with E-state index in [-0.39, 0.29) is 76.4 Å². The minimum atomic E-state index is 0. The average molecular weight is 198 g/mol. The molecule has 3 nitrogen and oxygen atoms in total. The zero-order valence-corrected chi connectivity index (χ0v) is 11.5. The van der Waals surface area contributed by atoms with E-state index < -0.39 is 0 Å². The summed E-state index contributed by atoms with van der Waals surface area (Å²) >= 11 is 0. The van der Waals surface area contributed by atoms with Gasteiger partial charge < -0.3 is 15.3 Å². The molecule has 0 atom stereocenters. The van der Waals surface area contributed by atoms with Crippen LogP contribution in [0.25, 0.3) is 0 Å². The van der Waals surface area contributed by atoms with Crippen molar-refractivity contribution in [2.24, 2.45) is 0 Å². The van der Waals surface area contributed by atoms with E-state index in [1.54, 1.807) is 0 Å². The summed E-state index contributed by atoms with van der Waals surface area (Å²) in [5.41, 5.74) is 0. The molecule has 0 saturated carbocycles. The van der Waals surface area contributed by atoms with Gasteiger partial charge in [-0.2, -0.15) is 0 Å². The van der Waals surface area contributed by atoms with Gasteiger partial charge in [0.2, 0.25) is 0 Å². The number of hydrogen-bond donors (Lipinski definition) is 0. The van der Waals surface area contributed by atoms with Gasteiger partial charge in [-0.25, -0.2) is 0 Å². The van der Waals surface area contributed by atoms with E-state index >= 15 is 0 Å². The molecule has 0 amide bonds. The van der Waals surface area contributed by atoms with Crippen LogP contribution in [0.3, 0.4) is 0 Å². The second kappa shape index (κ2) is 57.3. The Morgan fingerprint density at radius 3 is 0.600 bits per heavy atom. The molecular formula is C9H21Li3O3. The summed E-state index contributed by atoms with van der Waals surface area (Å²) in [7, 11) is 0. The van der Waals surface area contributed by atoms with E-state index in [4.69, 9.17) is 0 Å². The minimum absolute atomic E-state index is 0. The molecule has 0 aliphatic heterocycles. The van der Waals surface area contributed by atoms with Gasteiger partial charge in [0.05, 0.1) is 0 Å². The Labute approximate surface area is 131 Å². The van der Waals surface area contributed by atoms with Crippen molar-refractivity contribution in [2.45, 2.75) is 40.0 Å². The summed E-state index contributed by atoms with van der Waals surface area (Å²) in [6, 6.07) is 0. The van der Waals surface area contributed by atoms with E-state index in [1.165, 1.54) is 0 Å². The molecule has 0 N–H and O–H groups in total. The molecule has 0 aromatic rings. The molecule has 0 spiro atoms. The minimum Gasteiger partial charge on any atom is -0.854 e. The van der Waals surface area contributed by atoms with Crippen LogP contribution >= 0.6 is 0 Å². The zero-order valence-electron chi connectivity index (χ0n) is 11.5. The Morgan fingerprint density at radius 1 is 0.533 bits per heavy atom. The Balaban J connectivity index is -0.0000000184. The largest absolute Gasteiger partial charge is 1.00 e. The monoisotopic (exact) mass is 198 g/mol. The maximum absolute atomic E-state index is 9.30. The standard InChI is InChI=1S/3C3H7O.3Li/c3*1-2-3-4;;;/h3*2-3H2,1H3;;;/q3*-1;3*+1. The molecule has 0 unspecified atom stereocenters. The number of hydrogen-bond acceptors (Lipinski definition) is 3. The molecule has 0 aliphatic rings. The first-order valence-electron chi connectivity index (χ1n) is 4.49. The van der Waals surface area contributed by atoms with Crippen LogP contribution in [-0.4, -0.2) is 19.8 Å². The molecule has 0 aromatic carbocycles. The first-order chi connectivity index (χ1) is 5.74. The fourth-order valence-corrected chi connectivity index (χ4v) is 0. The van der Waals surface area contributed by atoms with Crippen molar-refractivity contribution in [2.75, 3.05) is 19.8 Å². The first kappa shape index (κ1) is 36.0. The van der Waals surface area contributed by atoms with E-state index in [2.05, 4.69) is 0 Å². The summed E-state index contributed by atoms with van der Waals surface area (Å²) in [6.07, 6.45) is 2.29. The Hall–Kier alpha value is 1.67. The molecule has 0 saturated heterocycles. The van der Waals surface area contributed by atoms with Gasteiger partial charge >= 0.3 is 56.6 Å². The van der Waals surface area contributed by atoms with E-state index in [1.807, 2.05) is 20.8 Å². The molecule has 0 aliphatic carbocycles. The van der Waals surface area contributed by atoms with Gasteiger partial charge in [-0.15, -0.1) is 19.8 Å². The third kappa shape index (κ3) is 134. The molecular weight excluding hydrogens is 177 g/mol. The van der Waals surface area contributed by atoms with Gasteiger partial charge in [0, 0.05) is 0 Å². The second-order valence-electron chi connectivity index (χ2n) is 2.11.